The van der Waals surface area contributed by atoms with Crippen molar-refractivity contribution in [1.82, 2.24) is 9.78 Å². The highest BCUT2D eigenvalue weighted by molar-refractivity contribution is 6.07. The highest BCUT2D eigenvalue weighted by Crippen LogP contribution is 2.35. The summed E-state index contributed by atoms with van der Waals surface area (Å²) in [4.78, 5) is 12.2. The molecule has 3 rings (SSSR count). The number of hydrogen-bond acceptors (Lipinski definition) is 4. The number of rotatable bonds is 3. The quantitative estimate of drug-likeness (QED) is 0.745. The monoisotopic (exact) mass is 294 g/mol. The first kappa shape index (κ1) is 13.5. The smallest absolute Gasteiger partial charge is 0.387 e. The summed E-state index contributed by atoms with van der Waals surface area (Å²) in [6.45, 7) is 1.01. The number of ether oxygens (including phenoxy) is 1. The van der Waals surface area contributed by atoms with E-state index in [0.717, 1.165) is 5.56 Å². The average molecular weight is 294 g/mol. The fourth-order valence-corrected chi connectivity index (χ4v) is 2.36. The Hall–Kier alpha value is -2.44. The van der Waals surface area contributed by atoms with Crippen molar-refractivity contribution >= 4 is 21.9 Å². The Labute approximate surface area is 117 Å². The van der Waals surface area contributed by atoms with Gasteiger partial charge in [-0.15, -0.1) is 0 Å². The fraction of sp³-hybridized carbons (Fsp3) is 0.286. The van der Waals surface area contributed by atoms with Gasteiger partial charge in [0, 0.05) is 11.9 Å². The van der Waals surface area contributed by atoms with Gasteiger partial charge >= 0.3 is 12.2 Å². The Morgan fingerprint density at radius 1 is 1.38 bits per heavy atom. The minimum Gasteiger partial charge on any atom is -0.446 e. The van der Waals surface area contributed by atoms with Crippen LogP contribution in [0.5, 0.6) is 5.75 Å². The van der Waals surface area contributed by atoms with Gasteiger partial charge in [-0.3, -0.25) is 4.79 Å². The van der Waals surface area contributed by atoms with Crippen molar-refractivity contribution in [2.45, 2.75) is 27.0 Å². The molecular weight excluding hydrogens is 282 g/mol. The molecule has 0 saturated heterocycles. The number of nitrogens with zero attached hydrogens (tertiary/aromatic N) is 2. The van der Waals surface area contributed by atoms with Crippen LogP contribution in [-0.4, -0.2) is 16.4 Å². The zero-order valence-electron chi connectivity index (χ0n) is 11.4. The predicted molar refractivity (Wildman–Crippen MR) is 72.8 cm³/mol. The Balaban J connectivity index is 2.42. The van der Waals surface area contributed by atoms with Gasteiger partial charge in [0.05, 0.1) is 11.6 Å². The maximum atomic E-state index is 12.5. The lowest BCUT2D eigenvalue weighted by atomic mass is 10.1. The maximum Gasteiger partial charge on any atom is 0.387 e. The fourth-order valence-electron chi connectivity index (χ4n) is 2.36. The summed E-state index contributed by atoms with van der Waals surface area (Å²) in [5.41, 5.74) is 0.628. The molecule has 7 heteroatoms. The van der Waals surface area contributed by atoms with Crippen LogP contribution < -0.4 is 10.3 Å². The Morgan fingerprint density at radius 3 is 2.81 bits per heavy atom. The van der Waals surface area contributed by atoms with Crippen molar-refractivity contribution in [3.05, 3.63) is 34.2 Å². The van der Waals surface area contributed by atoms with E-state index in [9.17, 15) is 13.6 Å². The highest BCUT2D eigenvalue weighted by Gasteiger charge is 2.19. The molecule has 5 nitrogen and oxygen atoms in total. The summed E-state index contributed by atoms with van der Waals surface area (Å²) < 4.78 is 36.1. The molecule has 0 spiro atoms. The summed E-state index contributed by atoms with van der Waals surface area (Å²) in [5.74, 6) is -0.0933. The van der Waals surface area contributed by atoms with Crippen molar-refractivity contribution in [2.75, 3.05) is 0 Å². The first-order valence-corrected chi connectivity index (χ1v) is 6.39. The summed E-state index contributed by atoms with van der Waals surface area (Å²) >= 11 is 0. The summed E-state index contributed by atoms with van der Waals surface area (Å²) in [6, 6.07) is 3.04. The molecule has 3 aromatic rings. The number of alkyl halides is 2. The van der Waals surface area contributed by atoms with E-state index >= 15 is 0 Å². The number of aromatic nitrogens is 2. The number of benzene rings is 1. The Kier molecular flexibility index (Phi) is 3.12. The minimum absolute atomic E-state index is 0.0928. The van der Waals surface area contributed by atoms with Gasteiger partial charge in [-0.05, 0) is 25.5 Å². The van der Waals surface area contributed by atoms with Crippen molar-refractivity contribution < 1.29 is 17.9 Å². The van der Waals surface area contributed by atoms with Gasteiger partial charge in [0.2, 0.25) is 5.58 Å². The Morgan fingerprint density at radius 2 is 2.14 bits per heavy atom. The van der Waals surface area contributed by atoms with Gasteiger partial charge in [0.15, 0.2) is 11.3 Å². The number of halogens is 2. The maximum absolute atomic E-state index is 12.5. The van der Waals surface area contributed by atoms with Gasteiger partial charge in [-0.2, -0.15) is 13.9 Å². The third-order valence-corrected chi connectivity index (χ3v) is 3.32. The molecule has 0 aliphatic rings. The molecule has 110 valence electrons. The van der Waals surface area contributed by atoms with Crippen molar-refractivity contribution in [2.24, 2.45) is 0 Å². The zero-order chi connectivity index (χ0) is 15.1. The van der Waals surface area contributed by atoms with Gasteiger partial charge < -0.3 is 9.15 Å². The topological polar surface area (TPSA) is 57.3 Å². The van der Waals surface area contributed by atoms with E-state index in [4.69, 9.17) is 4.42 Å². The molecule has 2 heterocycles. The van der Waals surface area contributed by atoms with E-state index in [1.165, 1.54) is 16.9 Å². The first-order valence-electron chi connectivity index (χ1n) is 6.39. The number of fused-ring (bicyclic) bond motifs is 3. The molecule has 0 radical (unpaired) electrons. The second-order valence-electron chi connectivity index (χ2n) is 4.57. The predicted octanol–water partition coefficient (Wildman–Crippen LogP) is 3.07. The third kappa shape index (κ3) is 2.05. The zero-order valence-corrected chi connectivity index (χ0v) is 11.4. The molecule has 0 N–H and O–H groups in total. The van der Waals surface area contributed by atoms with Crippen LogP contribution in [0, 0.1) is 6.92 Å². The second-order valence-corrected chi connectivity index (χ2v) is 4.57. The molecule has 0 fully saturated rings. The van der Waals surface area contributed by atoms with Crippen LogP contribution in [-0.2, 0) is 6.54 Å². The third-order valence-electron chi connectivity index (χ3n) is 3.32. The SMILES string of the molecule is CCn1ncc2c(oc3c(OC(F)F)ccc(C)c32)c1=O. The molecule has 0 amide bonds. The molecule has 1 aromatic carbocycles. The number of furan rings is 1. The molecule has 0 saturated carbocycles. The van der Waals surface area contributed by atoms with Gasteiger partial charge in [-0.25, -0.2) is 4.68 Å². The molecule has 0 aliphatic heterocycles. The van der Waals surface area contributed by atoms with Crippen LogP contribution in [0.2, 0.25) is 0 Å². The van der Waals surface area contributed by atoms with E-state index in [-0.39, 0.29) is 16.9 Å². The molecule has 0 aliphatic carbocycles. The van der Waals surface area contributed by atoms with Crippen LogP contribution >= 0.6 is 0 Å². The largest absolute Gasteiger partial charge is 0.446 e. The molecule has 2 aromatic heterocycles. The molecular formula is C14H12F2N2O3. The van der Waals surface area contributed by atoms with Crippen molar-refractivity contribution in [3.8, 4) is 5.75 Å². The summed E-state index contributed by atoms with van der Waals surface area (Å²) in [5, 5.41) is 5.10. The normalized spacial score (nSPS) is 11.7. The van der Waals surface area contributed by atoms with E-state index in [1.54, 1.807) is 19.9 Å². The molecule has 0 unspecified atom stereocenters. The van der Waals surface area contributed by atoms with Crippen LogP contribution in [0.4, 0.5) is 8.78 Å². The molecule has 21 heavy (non-hydrogen) atoms. The second kappa shape index (κ2) is 4.83. The van der Waals surface area contributed by atoms with Crippen LogP contribution in [0.25, 0.3) is 21.9 Å². The van der Waals surface area contributed by atoms with Gasteiger partial charge in [0.25, 0.3) is 0 Å². The van der Waals surface area contributed by atoms with Gasteiger partial charge in [0.1, 0.15) is 0 Å². The lowest BCUT2D eigenvalue weighted by Crippen LogP contribution is -2.20. The van der Waals surface area contributed by atoms with Gasteiger partial charge in [-0.1, -0.05) is 6.07 Å². The van der Waals surface area contributed by atoms with E-state index in [0.29, 0.717) is 17.3 Å². The van der Waals surface area contributed by atoms with Crippen LogP contribution in [0.3, 0.4) is 0 Å². The Bertz CT molecular complexity index is 883. The summed E-state index contributed by atoms with van der Waals surface area (Å²) in [7, 11) is 0. The lowest BCUT2D eigenvalue weighted by molar-refractivity contribution is -0.0493. The van der Waals surface area contributed by atoms with Crippen LogP contribution in [0.1, 0.15) is 12.5 Å². The molecule has 0 bridgehead atoms. The standard InChI is InChI=1S/C14H12F2N2O3/c1-3-18-13(19)11-8(6-17-18)10-7(2)4-5-9(12(10)21-11)20-14(15)16/h4-6,14H,3H2,1-2H3. The summed E-state index contributed by atoms with van der Waals surface area (Å²) in [6.07, 6.45) is 1.51. The number of aryl methyl sites for hydroxylation is 2. The average Bonchev–Trinajstić information content (AvgIpc) is 2.83. The van der Waals surface area contributed by atoms with E-state index in [2.05, 4.69) is 9.84 Å². The number of hydrogen-bond donors (Lipinski definition) is 0. The van der Waals surface area contributed by atoms with Crippen molar-refractivity contribution in [3.63, 3.8) is 0 Å². The molecule has 0 atom stereocenters. The highest BCUT2D eigenvalue weighted by atomic mass is 19.3. The van der Waals surface area contributed by atoms with E-state index < -0.39 is 12.2 Å². The van der Waals surface area contributed by atoms with E-state index in [1.807, 2.05) is 0 Å². The lowest BCUT2D eigenvalue weighted by Gasteiger charge is -2.05. The van der Waals surface area contributed by atoms with Crippen LogP contribution in [0.15, 0.2) is 27.5 Å². The minimum atomic E-state index is -2.96. The van der Waals surface area contributed by atoms with Crippen molar-refractivity contribution in [1.29, 1.82) is 0 Å². The first-order chi connectivity index (χ1) is 10.0.